The number of likely N-dealkylation sites (tertiary alicyclic amines) is 1. The Morgan fingerprint density at radius 3 is 2.24 bits per heavy atom. The molecule has 3 aliphatic rings. The first kappa shape index (κ1) is 22.4. The van der Waals surface area contributed by atoms with Gasteiger partial charge in [-0.25, -0.2) is 9.59 Å². The number of rotatable bonds is 7. The Labute approximate surface area is 197 Å². The van der Waals surface area contributed by atoms with Crippen molar-refractivity contribution in [1.29, 1.82) is 0 Å². The molecule has 1 saturated carbocycles. The molecule has 2 fully saturated rings. The second-order valence-electron chi connectivity index (χ2n) is 9.55. The molecule has 2 amide bonds. The molecule has 0 aromatic heterocycles. The lowest BCUT2D eigenvalue weighted by molar-refractivity contribution is -0.157. The minimum atomic E-state index is -1.94. The lowest BCUT2D eigenvalue weighted by Crippen LogP contribution is -2.50. The fourth-order valence-electron chi connectivity index (χ4n) is 5.07. The van der Waals surface area contributed by atoms with Gasteiger partial charge in [0.2, 0.25) is 5.91 Å². The molecule has 2 aromatic rings. The van der Waals surface area contributed by atoms with Crippen molar-refractivity contribution in [3.05, 3.63) is 59.7 Å². The molecule has 1 heterocycles. The molecule has 3 N–H and O–H groups in total. The number of benzene rings is 2. The maximum atomic E-state index is 13.1. The quantitative estimate of drug-likeness (QED) is 0.580. The molecular formula is C26H28N2O6. The first-order chi connectivity index (χ1) is 16.4. The van der Waals surface area contributed by atoms with Gasteiger partial charge >= 0.3 is 12.1 Å². The number of β-amino-alcohol motifs (C(OH)–C–C–N with tert-alkyl or cyclic N) is 1. The Morgan fingerprint density at radius 1 is 1.06 bits per heavy atom. The van der Waals surface area contributed by atoms with Crippen LogP contribution in [0.2, 0.25) is 0 Å². The molecule has 34 heavy (non-hydrogen) atoms. The number of carbonyl (C=O) groups is 3. The number of amides is 2. The Balaban J connectivity index is 1.24. The van der Waals surface area contributed by atoms with Crippen LogP contribution in [0.3, 0.4) is 0 Å². The predicted molar refractivity (Wildman–Crippen MR) is 123 cm³/mol. The van der Waals surface area contributed by atoms with Gasteiger partial charge in [0.25, 0.3) is 0 Å². The number of carbonyl (C=O) groups excluding carboxylic acids is 2. The molecule has 0 spiro atoms. The Kier molecular flexibility index (Phi) is 5.77. The van der Waals surface area contributed by atoms with Crippen LogP contribution < -0.4 is 5.32 Å². The molecule has 0 bridgehead atoms. The third kappa shape index (κ3) is 4.25. The van der Waals surface area contributed by atoms with Crippen molar-refractivity contribution in [1.82, 2.24) is 10.2 Å². The predicted octanol–water partition coefficient (Wildman–Crippen LogP) is 2.74. The zero-order chi connectivity index (χ0) is 23.9. The molecule has 178 valence electrons. The lowest BCUT2D eigenvalue weighted by Gasteiger charge is -2.25. The van der Waals surface area contributed by atoms with Gasteiger partial charge in [-0.1, -0.05) is 61.4 Å². The van der Waals surface area contributed by atoms with Crippen LogP contribution in [0.1, 0.15) is 42.7 Å². The van der Waals surface area contributed by atoms with Crippen LogP contribution >= 0.6 is 0 Å². The molecular weight excluding hydrogens is 436 g/mol. The summed E-state index contributed by atoms with van der Waals surface area (Å²) < 4.78 is 5.60. The van der Waals surface area contributed by atoms with Crippen molar-refractivity contribution >= 4 is 18.0 Å². The van der Waals surface area contributed by atoms with E-state index in [1.54, 1.807) is 0 Å². The first-order valence-corrected chi connectivity index (χ1v) is 11.7. The minimum absolute atomic E-state index is 0.0326. The van der Waals surface area contributed by atoms with E-state index in [-0.39, 0.29) is 37.9 Å². The standard InChI is InChI=1S/C26H28N2O6/c29-23(28-12-11-26(33,15-28)24(30)31)22(13-16-9-10-16)27-25(32)34-14-21-19-7-3-1-5-17(19)18-6-2-4-8-20(18)21/h1-8,16,21-22,33H,9-15H2,(H,27,32)(H,30,31). The average Bonchev–Trinajstić information content (AvgIpc) is 3.47. The molecule has 2 aliphatic carbocycles. The molecule has 1 aliphatic heterocycles. The largest absolute Gasteiger partial charge is 0.479 e. The Hall–Kier alpha value is -3.39. The highest BCUT2D eigenvalue weighted by atomic mass is 16.5. The van der Waals surface area contributed by atoms with Crippen molar-refractivity contribution in [2.45, 2.75) is 43.2 Å². The van der Waals surface area contributed by atoms with E-state index in [1.807, 2.05) is 36.4 Å². The number of carboxylic acids is 1. The number of ether oxygens (including phenoxy) is 1. The smallest absolute Gasteiger partial charge is 0.407 e. The van der Waals surface area contributed by atoms with E-state index in [1.165, 1.54) is 4.90 Å². The van der Waals surface area contributed by atoms with Gasteiger partial charge in [0.1, 0.15) is 12.6 Å². The molecule has 8 nitrogen and oxygen atoms in total. The molecule has 2 aromatic carbocycles. The number of hydrogen-bond donors (Lipinski definition) is 3. The SMILES string of the molecule is O=C(NC(CC1CC1)C(=O)N1CCC(O)(C(=O)O)C1)OCC1c2ccccc2-c2ccccc21. The monoisotopic (exact) mass is 464 g/mol. The van der Waals surface area contributed by atoms with Gasteiger partial charge in [-0.15, -0.1) is 0 Å². The number of aliphatic carboxylic acids is 1. The van der Waals surface area contributed by atoms with E-state index in [0.717, 1.165) is 35.1 Å². The highest BCUT2D eigenvalue weighted by molar-refractivity contribution is 5.88. The zero-order valence-corrected chi connectivity index (χ0v) is 18.8. The van der Waals surface area contributed by atoms with Gasteiger partial charge in [-0.2, -0.15) is 0 Å². The highest BCUT2D eigenvalue weighted by Crippen LogP contribution is 2.44. The van der Waals surface area contributed by atoms with Gasteiger partial charge in [-0.05, 0) is 34.6 Å². The van der Waals surface area contributed by atoms with Crippen LogP contribution in [0.25, 0.3) is 11.1 Å². The maximum absolute atomic E-state index is 13.1. The van der Waals surface area contributed by atoms with Crippen LogP contribution in [0.5, 0.6) is 0 Å². The summed E-state index contributed by atoms with van der Waals surface area (Å²) in [5.74, 6) is -1.45. The Bertz CT molecular complexity index is 1080. The number of nitrogens with one attached hydrogen (secondary N) is 1. The minimum Gasteiger partial charge on any atom is -0.479 e. The van der Waals surface area contributed by atoms with Gasteiger partial charge < -0.3 is 25.2 Å². The van der Waals surface area contributed by atoms with E-state index in [0.29, 0.717) is 12.3 Å². The topological polar surface area (TPSA) is 116 Å². The second kappa shape index (κ2) is 8.76. The van der Waals surface area contributed by atoms with Crippen molar-refractivity contribution in [2.24, 2.45) is 5.92 Å². The van der Waals surface area contributed by atoms with E-state index in [2.05, 4.69) is 17.4 Å². The molecule has 2 atom stereocenters. The van der Waals surface area contributed by atoms with E-state index < -0.39 is 23.7 Å². The van der Waals surface area contributed by atoms with Crippen LogP contribution in [0.4, 0.5) is 4.79 Å². The zero-order valence-electron chi connectivity index (χ0n) is 18.8. The summed E-state index contributed by atoms with van der Waals surface area (Å²) >= 11 is 0. The van der Waals surface area contributed by atoms with Crippen molar-refractivity contribution in [2.75, 3.05) is 19.7 Å². The second-order valence-corrected chi connectivity index (χ2v) is 9.55. The number of carboxylic acid groups (broad SMARTS) is 1. The molecule has 0 radical (unpaired) electrons. The van der Waals surface area contributed by atoms with Crippen molar-refractivity contribution in [3.8, 4) is 11.1 Å². The molecule has 1 saturated heterocycles. The molecule has 8 heteroatoms. The number of alkyl carbamates (subject to hydrolysis) is 1. The fourth-order valence-corrected chi connectivity index (χ4v) is 5.07. The van der Waals surface area contributed by atoms with Gasteiger partial charge in [0.05, 0.1) is 6.54 Å². The van der Waals surface area contributed by atoms with Crippen LogP contribution in [-0.2, 0) is 14.3 Å². The van der Waals surface area contributed by atoms with Crippen LogP contribution in [-0.4, -0.2) is 64.4 Å². The number of hydrogen-bond acceptors (Lipinski definition) is 5. The number of aliphatic hydroxyl groups is 1. The molecule has 5 rings (SSSR count). The number of nitrogens with zero attached hydrogens (tertiary/aromatic N) is 1. The summed E-state index contributed by atoms with van der Waals surface area (Å²) in [5, 5.41) is 22.2. The summed E-state index contributed by atoms with van der Waals surface area (Å²) in [5.41, 5.74) is 2.53. The van der Waals surface area contributed by atoms with Crippen molar-refractivity contribution < 1.29 is 29.3 Å². The average molecular weight is 465 g/mol. The van der Waals surface area contributed by atoms with Crippen molar-refractivity contribution in [3.63, 3.8) is 0 Å². The van der Waals surface area contributed by atoms with E-state index in [9.17, 15) is 24.6 Å². The third-order valence-corrected chi connectivity index (χ3v) is 7.16. The van der Waals surface area contributed by atoms with Gasteiger partial charge in [-0.3, -0.25) is 4.79 Å². The van der Waals surface area contributed by atoms with E-state index >= 15 is 0 Å². The van der Waals surface area contributed by atoms with Crippen LogP contribution in [0.15, 0.2) is 48.5 Å². The summed E-state index contributed by atoms with van der Waals surface area (Å²) in [6.07, 6.45) is 1.76. The summed E-state index contributed by atoms with van der Waals surface area (Å²) in [6.45, 7) is -0.00342. The molecule has 2 unspecified atom stereocenters. The highest BCUT2D eigenvalue weighted by Gasteiger charge is 2.46. The number of fused-ring (bicyclic) bond motifs is 3. The van der Waals surface area contributed by atoms with Crippen LogP contribution in [0, 0.1) is 5.92 Å². The summed E-state index contributed by atoms with van der Waals surface area (Å²) in [6, 6.07) is 15.3. The van der Waals surface area contributed by atoms with E-state index in [4.69, 9.17) is 4.74 Å². The summed E-state index contributed by atoms with van der Waals surface area (Å²) in [7, 11) is 0. The normalized spacial score (nSPS) is 22.1. The fraction of sp³-hybridized carbons (Fsp3) is 0.423. The Morgan fingerprint density at radius 2 is 1.68 bits per heavy atom. The maximum Gasteiger partial charge on any atom is 0.407 e. The first-order valence-electron chi connectivity index (χ1n) is 11.7. The summed E-state index contributed by atoms with van der Waals surface area (Å²) in [4.78, 5) is 38.5. The van der Waals surface area contributed by atoms with Gasteiger partial charge in [0.15, 0.2) is 5.60 Å². The lowest BCUT2D eigenvalue weighted by atomic mass is 9.98. The third-order valence-electron chi connectivity index (χ3n) is 7.16. The van der Waals surface area contributed by atoms with Gasteiger partial charge in [0, 0.05) is 18.9 Å².